The Hall–Kier alpha value is -4.29. The van der Waals surface area contributed by atoms with E-state index in [2.05, 4.69) is 5.32 Å². The molecule has 0 fully saturated rings. The maximum Gasteiger partial charge on any atom is 0.416 e. The smallest absolute Gasteiger partial charge is 0.416 e. The lowest BCUT2D eigenvalue weighted by molar-refractivity contribution is -0.139. The minimum absolute atomic E-state index is 0.186. The molecule has 0 aliphatic rings. The van der Waals surface area contributed by atoms with Gasteiger partial charge in [0.1, 0.15) is 10.7 Å². The van der Waals surface area contributed by atoms with Crippen molar-refractivity contribution in [3.05, 3.63) is 130 Å². The van der Waals surface area contributed by atoms with Crippen molar-refractivity contribution < 1.29 is 41.0 Å². The number of halogens is 6. The number of aryl methyl sites for hydroxylation is 1. The van der Waals surface area contributed by atoms with Gasteiger partial charge in [0.15, 0.2) is 24.1 Å². The lowest BCUT2D eigenvalue weighted by Crippen LogP contribution is -2.21. The van der Waals surface area contributed by atoms with Gasteiger partial charge in [-0.2, -0.15) is 13.2 Å². The molecule has 4 aromatic rings. The van der Waals surface area contributed by atoms with Crippen LogP contribution in [0.15, 0.2) is 95.5 Å². The van der Waals surface area contributed by atoms with E-state index < -0.39 is 41.8 Å². The second-order valence-electron chi connectivity index (χ2n) is 10.3. The second-order valence-corrected chi connectivity index (χ2v) is 12.0. The normalized spacial score (nSPS) is 12.5. The number of thioether (sulfide) groups is 1. The average Bonchev–Trinajstić information content (AvgIpc) is 2.99. The molecule has 4 nitrogen and oxygen atoms in total. The van der Waals surface area contributed by atoms with E-state index >= 15 is 0 Å². The monoisotopic (exact) mass is 675 g/mol. The van der Waals surface area contributed by atoms with Crippen molar-refractivity contribution in [3.63, 3.8) is 0 Å². The Kier molecular flexibility index (Phi) is 11.2. The fraction of sp³-hybridized carbons (Fsp3) is 0.176. The molecule has 0 aromatic heterocycles. The first kappa shape index (κ1) is 34.6. The van der Waals surface area contributed by atoms with Crippen LogP contribution in [0.1, 0.15) is 29.2 Å². The van der Waals surface area contributed by atoms with Crippen molar-refractivity contribution in [2.75, 3.05) is 6.61 Å². The van der Waals surface area contributed by atoms with E-state index in [0.29, 0.717) is 29.0 Å². The minimum Gasteiger partial charge on any atom is -0.482 e. The average molecular weight is 676 g/mol. The zero-order valence-electron chi connectivity index (χ0n) is 24.4. The van der Waals surface area contributed by atoms with Crippen LogP contribution < -0.4 is 10.1 Å². The molecule has 0 radical (unpaired) electrons. The molecule has 2 N–H and O–H groups in total. The lowest BCUT2D eigenvalue weighted by atomic mass is 10.0. The first-order valence-corrected chi connectivity index (χ1v) is 15.0. The number of carbonyl (C=O) groups is 1. The lowest BCUT2D eigenvalue weighted by Gasteiger charge is -2.17. The fourth-order valence-corrected chi connectivity index (χ4v) is 6.06. The third kappa shape index (κ3) is 9.37. The number of carboxylic acids is 1. The highest BCUT2D eigenvalue weighted by atomic mass is 32.2. The Labute approximate surface area is 271 Å². The predicted molar refractivity (Wildman–Crippen MR) is 169 cm³/mol. The van der Waals surface area contributed by atoms with Crippen LogP contribution >= 0.6 is 24.0 Å². The summed E-state index contributed by atoms with van der Waals surface area (Å²) in [5.74, 6) is -4.77. The molecule has 240 valence electrons. The molecule has 1 unspecified atom stereocenters. The summed E-state index contributed by atoms with van der Waals surface area (Å²) in [6.07, 6.45) is -2.06. The van der Waals surface area contributed by atoms with Gasteiger partial charge < -0.3 is 15.2 Å². The van der Waals surface area contributed by atoms with E-state index in [9.17, 15) is 31.1 Å². The molecule has 4 aromatic carbocycles. The molecule has 0 bridgehead atoms. The summed E-state index contributed by atoms with van der Waals surface area (Å²) in [6, 6.07) is 18.7. The first-order valence-electron chi connectivity index (χ1n) is 13.7. The number of ether oxygens (including phenoxy) is 1. The van der Waals surface area contributed by atoms with Gasteiger partial charge in [-0.15, -0.1) is 11.8 Å². The predicted octanol–water partition coefficient (Wildman–Crippen LogP) is 9.13. The molecular weight excluding hydrogens is 649 g/mol. The number of nitrogens with one attached hydrogen (secondary N) is 1. The van der Waals surface area contributed by atoms with Gasteiger partial charge in [0.2, 0.25) is 0 Å². The van der Waals surface area contributed by atoms with Crippen molar-refractivity contribution in [1.29, 1.82) is 0 Å². The van der Waals surface area contributed by atoms with Gasteiger partial charge >= 0.3 is 12.1 Å². The van der Waals surface area contributed by atoms with Crippen molar-refractivity contribution in [2.24, 2.45) is 0 Å². The molecule has 0 heterocycles. The fourth-order valence-electron chi connectivity index (χ4n) is 4.48. The van der Waals surface area contributed by atoms with Crippen LogP contribution in [0.4, 0.5) is 26.3 Å². The number of allylic oxidation sites excluding steroid dienone is 1. The molecule has 0 saturated carbocycles. The van der Waals surface area contributed by atoms with E-state index in [1.807, 2.05) is 12.1 Å². The summed E-state index contributed by atoms with van der Waals surface area (Å²) in [5, 5.41) is 11.8. The maximum absolute atomic E-state index is 13.8. The number of hydrogen-bond acceptors (Lipinski definition) is 4. The van der Waals surface area contributed by atoms with Crippen molar-refractivity contribution in [1.82, 2.24) is 5.32 Å². The number of carboxylic acid groups (broad SMARTS) is 1. The van der Waals surface area contributed by atoms with E-state index in [4.69, 9.17) is 22.1 Å². The minimum atomic E-state index is -4.46. The Bertz CT molecular complexity index is 1730. The van der Waals surface area contributed by atoms with Gasteiger partial charge in [-0.1, -0.05) is 54.7 Å². The summed E-state index contributed by atoms with van der Waals surface area (Å²) >= 11 is 6.93. The zero-order valence-corrected chi connectivity index (χ0v) is 26.1. The summed E-state index contributed by atoms with van der Waals surface area (Å²) in [4.78, 5) is 12.0. The highest BCUT2D eigenvalue weighted by molar-refractivity contribution is 8.00. The van der Waals surface area contributed by atoms with Crippen molar-refractivity contribution >= 4 is 34.9 Å². The third-order valence-corrected chi connectivity index (χ3v) is 8.18. The van der Waals surface area contributed by atoms with Crippen molar-refractivity contribution in [3.8, 4) is 16.9 Å². The standard InChI is InChI=1S/C34H27F6NO3S2/c1-19-13-26(11-12-30(19)44-18-31(42)43)46-27(14-20(2)41-33(45)23-7-9-25(10-8-23)34(38,39)40)15-21-3-5-22(6-4-21)24-16-28(35)32(37)29(36)17-24/h3-14,16-17,27H,15,18H2,1-2H3,(H,41,45)(H,42,43)/b20-14+. The summed E-state index contributed by atoms with van der Waals surface area (Å²) in [5.41, 5.74) is 2.57. The Balaban J connectivity index is 1.56. The van der Waals surface area contributed by atoms with Gasteiger partial charge in [0, 0.05) is 21.4 Å². The van der Waals surface area contributed by atoms with Crippen LogP contribution in [0.5, 0.6) is 5.75 Å². The first-order chi connectivity index (χ1) is 21.7. The SMILES string of the molecule is C/C(=C\C(Cc1ccc(-c2cc(F)c(F)c(F)c2)cc1)Sc1ccc(OCC(=O)O)c(C)c1)NC(=S)c1ccc(C(F)(F)F)cc1. The van der Waals surface area contributed by atoms with Crippen LogP contribution in [0, 0.1) is 24.4 Å². The van der Waals surface area contributed by atoms with Crippen LogP contribution in [0.3, 0.4) is 0 Å². The summed E-state index contributed by atoms with van der Waals surface area (Å²) in [7, 11) is 0. The van der Waals surface area contributed by atoms with Gasteiger partial charge in [0.25, 0.3) is 0 Å². The Morgan fingerprint density at radius 2 is 1.59 bits per heavy atom. The third-order valence-electron chi connectivity index (χ3n) is 6.71. The van der Waals surface area contributed by atoms with Gasteiger partial charge in [-0.05, 0) is 85.0 Å². The van der Waals surface area contributed by atoms with E-state index in [1.54, 1.807) is 50.2 Å². The molecule has 0 saturated heterocycles. The largest absolute Gasteiger partial charge is 0.482 e. The number of alkyl halides is 3. The zero-order chi connectivity index (χ0) is 33.6. The number of thiocarbonyl (C=S) groups is 1. The van der Waals surface area contributed by atoms with E-state index in [-0.39, 0.29) is 15.8 Å². The molecule has 0 aliphatic carbocycles. The Morgan fingerprint density at radius 1 is 0.957 bits per heavy atom. The molecule has 0 spiro atoms. The van der Waals surface area contributed by atoms with Crippen LogP contribution in [0.2, 0.25) is 0 Å². The number of rotatable bonds is 11. The highest BCUT2D eigenvalue weighted by Gasteiger charge is 2.30. The van der Waals surface area contributed by atoms with Crippen LogP contribution in [-0.2, 0) is 17.4 Å². The van der Waals surface area contributed by atoms with E-state index in [0.717, 1.165) is 40.3 Å². The van der Waals surface area contributed by atoms with Gasteiger partial charge in [-0.3, -0.25) is 0 Å². The van der Waals surface area contributed by atoms with Crippen molar-refractivity contribution in [2.45, 2.75) is 36.6 Å². The molecule has 1 atom stereocenters. The molecular formula is C34H27F6NO3S2. The van der Waals surface area contributed by atoms with Gasteiger partial charge in [-0.25, -0.2) is 18.0 Å². The quantitative estimate of drug-likeness (QED) is 0.0716. The highest BCUT2D eigenvalue weighted by Crippen LogP contribution is 2.33. The molecule has 0 aliphatic heterocycles. The summed E-state index contributed by atoms with van der Waals surface area (Å²) < 4.78 is 85.2. The molecule has 4 rings (SSSR count). The van der Waals surface area contributed by atoms with E-state index in [1.165, 1.54) is 23.9 Å². The second kappa shape index (κ2) is 14.9. The molecule has 12 heteroatoms. The van der Waals surface area contributed by atoms with Gasteiger partial charge in [0.05, 0.1) is 5.56 Å². The maximum atomic E-state index is 13.8. The number of benzene rings is 4. The number of aliphatic carboxylic acids is 1. The van der Waals surface area contributed by atoms with Crippen LogP contribution in [0.25, 0.3) is 11.1 Å². The Morgan fingerprint density at radius 3 is 2.15 bits per heavy atom. The summed E-state index contributed by atoms with van der Waals surface area (Å²) in [6.45, 7) is 3.09. The molecule has 46 heavy (non-hydrogen) atoms. The van der Waals surface area contributed by atoms with Crippen LogP contribution in [-0.4, -0.2) is 27.9 Å². The topological polar surface area (TPSA) is 58.6 Å². The number of hydrogen-bond donors (Lipinski definition) is 2. The molecule has 0 amide bonds.